The van der Waals surface area contributed by atoms with E-state index in [0.29, 0.717) is 5.92 Å². The van der Waals surface area contributed by atoms with Gasteiger partial charge in [0.05, 0.1) is 12.2 Å². The van der Waals surface area contributed by atoms with E-state index >= 15 is 0 Å². The lowest BCUT2D eigenvalue weighted by Crippen LogP contribution is -2.50. The highest BCUT2D eigenvalue weighted by Gasteiger charge is 2.43. The number of nitrogens with two attached hydrogens (primary N) is 1. The molecule has 2 aliphatic rings. The smallest absolute Gasteiger partial charge is 0.0685 e. The molecule has 1 saturated carbocycles. The fourth-order valence-electron chi connectivity index (χ4n) is 2.50. The van der Waals surface area contributed by atoms with Crippen molar-refractivity contribution >= 4 is 0 Å². The van der Waals surface area contributed by atoms with Crippen LogP contribution in [0.1, 0.15) is 32.1 Å². The summed E-state index contributed by atoms with van der Waals surface area (Å²) in [6.07, 6.45) is 5.77. The minimum Gasteiger partial charge on any atom is -0.395 e. The first-order valence-corrected chi connectivity index (χ1v) is 5.26. The second kappa shape index (κ2) is 3.56. The second-order valence-electron chi connectivity index (χ2n) is 4.48. The zero-order valence-electron chi connectivity index (χ0n) is 8.04. The zero-order valence-corrected chi connectivity index (χ0v) is 8.04. The van der Waals surface area contributed by atoms with E-state index in [2.05, 4.69) is 0 Å². The van der Waals surface area contributed by atoms with Crippen LogP contribution in [0.5, 0.6) is 0 Å². The van der Waals surface area contributed by atoms with Gasteiger partial charge < -0.3 is 15.6 Å². The van der Waals surface area contributed by atoms with Gasteiger partial charge in [-0.3, -0.25) is 0 Å². The van der Waals surface area contributed by atoms with Crippen LogP contribution in [0.3, 0.4) is 0 Å². The molecule has 1 aliphatic carbocycles. The van der Waals surface area contributed by atoms with Crippen LogP contribution in [0, 0.1) is 5.92 Å². The van der Waals surface area contributed by atoms with Crippen LogP contribution in [0.25, 0.3) is 0 Å². The summed E-state index contributed by atoms with van der Waals surface area (Å²) in [6, 6.07) is -0.0404. The molecule has 0 radical (unpaired) electrons. The summed E-state index contributed by atoms with van der Waals surface area (Å²) >= 11 is 0. The molecule has 1 heterocycles. The predicted molar refractivity (Wildman–Crippen MR) is 50.3 cm³/mol. The first kappa shape index (κ1) is 9.44. The van der Waals surface area contributed by atoms with Gasteiger partial charge in [-0.15, -0.1) is 0 Å². The van der Waals surface area contributed by atoms with Gasteiger partial charge in [-0.1, -0.05) is 0 Å². The van der Waals surface area contributed by atoms with Crippen molar-refractivity contribution in [3.05, 3.63) is 0 Å². The molecule has 2 rings (SSSR count). The molecule has 1 saturated heterocycles. The Bertz CT molecular complexity index is 180. The Morgan fingerprint density at radius 3 is 2.85 bits per heavy atom. The third-order valence-electron chi connectivity index (χ3n) is 3.61. The van der Waals surface area contributed by atoms with E-state index in [1.807, 2.05) is 0 Å². The number of aliphatic hydroxyl groups excluding tert-OH is 1. The van der Waals surface area contributed by atoms with E-state index in [1.165, 1.54) is 19.3 Å². The van der Waals surface area contributed by atoms with Gasteiger partial charge in [0.15, 0.2) is 0 Å². The molecule has 13 heavy (non-hydrogen) atoms. The van der Waals surface area contributed by atoms with Crippen LogP contribution in [0.15, 0.2) is 0 Å². The van der Waals surface area contributed by atoms with Crippen molar-refractivity contribution in [2.75, 3.05) is 13.2 Å². The number of ether oxygens (including phenoxy) is 1. The third-order valence-corrected chi connectivity index (χ3v) is 3.61. The van der Waals surface area contributed by atoms with E-state index in [0.717, 1.165) is 19.4 Å². The van der Waals surface area contributed by atoms with Gasteiger partial charge in [-0.2, -0.15) is 0 Å². The van der Waals surface area contributed by atoms with Crippen LogP contribution >= 0.6 is 0 Å². The first-order valence-electron chi connectivity index (χ1n) is 5.26. The molecule has 0 aromatic heterocycles. The molecule has 1 spiro atoms. The Morgan fingerprint density at radius 1 is 1.54 bits per heavy atom. The highest BCUT2D eigenvalue weighted by Crippen LogP contribution is 2.44. The van der Waals surface area contributed by atoms with Crippen molar-refractivity contribution in [2.45, 2.75) is 43.7 Å². The van der Waals surface area contributed by atoms with Crippen molar-refractivity contribution in [3.63, 3.8) is 0 Å². The van der Waals surface area contributed by atoms with E-state index in [4.69, 9.17) is 15.6 Å². The molecule has 3 heteroatoms. The quantitative estimate of drug-likeness (QED) is 0.664. The molecule has 3 nitrogen and oxygen atoms in total. The Morgan fingerprint density at radius 2 is 2.31 bits per heavy atom. The van der Waals surface area contributed by atoms with Gasteiger partial charge in [-0.05, 0) is 38.0 Å². The first-order chi connectivity index (χ1) is 6.26. The fraction of sp³-hybridized carbons (Fsp3) is 1.00. The molecule has 0 aromatic rings. The molecule has 2 atom stereocenters. The standard InChI is InChI=1S/C10H19NO2/c11-9(7-12)8-2-5-13-10(6-8)3-1-4-10/h8-9,12H,1-7,11H2. The average molecular weight is 185 g/mol. The molecule has 0 bridgehead atoms. The molecule has 1 aliphatic heterocycles. The van der Waals surface area contributed by atoms with Crippen molar-refractivity contribution in [3.8, 4) is 0 Å². The zero-order chi connectivity index (χ0) is 9.31. The monoisotopic (exact) mass is 185 g/mol. The highest BCUT2D eigenvalue weighted by atomic mass is 16.5. The maximum absolute atomic E-state index is 8.98. The summed E-state index contributed by atoms with van der Waals surface area (Å²) < 4.78 is 5.79. The Hall–Kier alpha value is -0.120. The molecular formula is C10H19NO2. The molecule has 2 unspecified atom stereocenters. The Labute approximate surface area is 79.3 Å². The van der Waals surface area contributed by atoms with Gasteiger partial charge in [0.2, 0.25) is 0 Å². The predicted octanol–water partition coefficient (Wildman–Crippen LogP) is 0.655. The molecule has 3 N–H and O–H groups in total. The summed E-state index contributed by atoms with van der Waals surface area (Å²) in [5, 5.41) is 8.98. The number of rotatable bonds is 2. The Balaban J connectivity index is 1.92. The van der Waals surface area contributed by atoms with Crippen LogP contribution in [0.2, 0.25) is 0 Å². The van der Waals surface area contributed by atoms with E-state index < -0.39 is 0 Å². The van der Waals surface area contributed by atoms with Crippen molar-refractivity contribution in [1.82, 2.24) is 0 Å². The summed E-state index contributed by atoms with van der Waals surface area (Å²) in [4.78, 5) is 0. The van der Waals surface area contributed by atoms with Gasteiger partial charge in [0, 0.05) is 12.6 Å². The second-order valence-corrected chi connectivity index (χ2v) is 4.48. The molecule has 76 valence electrons. The van der Waals surface area contributed by atoms with Crippen LogP contribution in [0.4, 0.5) is 0 Å². The minimum atomic E-state index is -0.0404. The van der Waals surface area contributed by atoms with E-state index in [1.54, 1.807) is 0 Å². The summed E-state index contributed by atoms with van der Waals surface area (Å²) in [5.74, 6) is 0.471. The van der Waals surface area contributed by atoms with Crippen molar-refractivity contribution in [2.24, 2.45) is 11.7 Å². The maximum atomic E-state index is 8.98. The summed E-state index contributed by atoms with van der Waals surface area (Å²) in [7, 11) is 0. The molecule has 2 fully saturated rings. The lowest BCUT2D eigenvalue weighted by Gasteiger charge is -2.48. The van der Waals surface area contributed by atoms with Gasteiger partial charge in [0.25, 0.3) is 0 Å². The molecular weight excluding hydrogens is 166 g/mol. The summed E-state index contributed by atoms with van der Waals surface area (Å²) in [6.45, 7) is 0.944. The largest absolute Gasteiger partial charge is 0.395 e. The molecule has 0 amide bonds. The van der Waals surface area contributed by atoms with Crippen LogP contribution in [-0.4, -0.2) is 30.0 Å². The minimum absolute atomic E-state index is 0.0404. The normalized spacial score (nSPS) is 34.2. The lowest BCUT2D eigenvalue weighted by molar-refractivity contribution is -0.147. The molecule has 0 aromatic carbocycles. The summed E-state index contributed by atoms with van der Waals surface area (Å²) in [5.41, 5.74) is 6.00. The fourth-order valence-corrected chi connectivity index (χ4v) is 2.50. The number of aliphatic hydroxyl groups is 1. The SMILES string of the molecule is NC(CO)C1CCOC2(CCC2)C1. The van der Waals surface area contributed by atoms with Crippen LogP contribution < -0.4 is 5.73 Å². The number of hydrogen-bond acceptors (Lipinski definition) is 3. The van der Waals surface area contributed by atoms with Gasteiger partial charge in [0.1, 0.15) is 0 Å². The van der Waals surface area contributed by atoms with E-state index in [9.17, 15) is 0 Å². The topological polar surface area (TPSA) is 55.5 Å². The van der Waals surface area contributed by atoms with Crippen molar-refractivity contribution in [1.29, 1.82) is 0 Å². The highest BCUT2D eigenvalue weighted by molar-refractivity contribution is 4.95. The van der Waals surface area contributed by atoms with Crippen molar-refractivity contribution < 1.29 is 9.84 Å². The van der Waals surface area contributed by atoms with E-state index in [-0.39, 0.29) is 18.2 Å². The third kappa shape index (κ3) is 1.73. The Kier molecular flexibility index (Phi) is 2.58. The average Bonchev–Trinajstić information content (AvgIpc) is 2.14. The maximum Gasteiger partial charge on any atom is 0.0685 e. The van der Waals surface area contributed by atoms with Crippen LogP contribution in [-0.2, 0) is 4.74 Å². The number of hydrogen-bond donors (Lipinski definition) is 2. The van der Waals surface area contributed by atoms with Gasteiger partial charge in [-0.25, -0.2) is 0 Å². The lowest BCUT2D eigenvalue weighted by atomic mass is 9.70. The van der Waals surface area contributed by atoms with Gasteiger partial charge >= 0.3 is 0 Å².